The molecule has 7 heteroatoms. The molecule has 4 N–H and O–H groups in total. The van der Waals surface area contributed by atoms with Crippen LogP contribution in [0.5, 0.6) is 0 Å². The third-order valence-electron chi connectivity index (χ3n) is 7.32. The van der Waals surface area contributed by atoms with Crippen molar-refractivity contribution >= 4 is 38.7 Å². The van der Waals surface area contributed by atoms with E-state index in [1.807, 2.05) is 84.9 Å². The number of amides is 1. The van der Waals surface area contributed by atoms with Crippen molar-refractivity contribution in [1.29, 1.82) is 0 Å². The average Bonchev–Trinajstić information content (AvgIpc) is 3.35. The Labute approximate surface area is 234 Å². The van der Waals surface area contributed by atoms with Crippen molar-refractivity contribution in [3.8, 4) is 11.1 Å². The zero-order chi connectivity index (χ0) is 26.9. The second kappa shape index (κ2) is 10.5. The Bertz CT molecular complexity index is 1650. The topological polar surface area (TPSA) is 94.2 Å². The van der Waals surface area contributed by atoms with Gasteiger partial charge in [0.25, 0.3) is 0 Å². The van der Waals surface area contributed by atoms with Gasteiger partial charge < -0.3 is 15.4 Å². The quantitative estimate of drug-likeness (QED) is 0.194. The van der Waals surface area contributed by atoms with E-state index in [9.17, 15) is 14.7 Å². The number of fused-ring (bicyclic) bond motifs is 3. The maximum Gasteiger partial charge on any atom is 0.330 e. The van der Waals surface area contributed by atoms with Crippen LogP contribution in [-0.4, -0.2) is 28.0 Å². The van der Waals surface area contributed by atoms with E-state index < -0.39 is 18.1 Å². The van der Waals surface area contributed by atoms with E-state index in [0.29, 0.717) is 12.0 Å². The Hall–Kier alpha value is -4.20. The molecule has 1 aliphatic rings. The number of para-hydroxylation sites is 1. The number of carboxylic acids is 1. The van der Waals surface area contributed by atoms with Gasteiger partial charge in [-0.15, -0.1) is 0 Å². The van der Waals surface area contributed by atoms with E-state index >= 15 is 0 Å². The van der Waals surface area contributed by atoms with E-state index in [2.05, 4.69) is 37.6 Å². The zero-order valence-electron chi connectivity index (χ0n) is 20.9. The van der Waals surface area contributed by atoms with Crippen LogP contribution in [0.2, 0.25) is 0 Å². The lowest BCUT2D eigenvalue weighted by molar-refractivity contribution is -0.142. The summed E-state index contributed by atoms with van der Waals surface area (Å²) < 4.78 is 0.968. The Morgan fingerprint density at radius 2 is 1.51 bits per heavy atom. The van der Waals surface area contributed by atoms with Crippen molar-refractivity contribution in [2.75, 3.05) is 0 Å². The van der Waals surface area contributed by atoms with Crippen molar-refractivity contribution in [3.05, 3.63) is 130 Å². The van der Waals surface area contributed by atoms with E-state index in [-0.39, 0.29) is 11.9 Å². The minimum Gasteiger partial charge on any atom is -0.479 e. The summed E-state index contributed by atoms with van der Waals surface area (Å²) in [6, 6.07) is 31.2. The van der Waals surface area contributed by atoms with Gasteiger partial charge in [0.1, 0.15) is 0 Å². The molecule has 0 bridgehead atoms. The van der Waals surface area contributed by atoms with Crippen molar-refractivity contribution in [2.45, 2.75) is 24.5 Å². The lowest BCUT2D eigenvalue weighted by Crippen LogP contribution is -2.51. The summed E-state index contributed by atoms with van der Waals surface area (Å²) >= 11 is 3.50. The molecule has 3 atom stereocenters. The van der Waals surface area contributed by atoms with Crippen LogP contribution in [0.4, 0.5) is 0 Å². The van der Waals surface area contributed by atoms with Gasteiger partial charge in [-0.2, -0.15) is 0 Å². The summed E-state index contributed by atoms with van der Waals surface area (Å²) in [6.07, 6.45) is 0.442. The van der Waals surface area contributed by atoms with Crippen LogP contribution >= 0.6 is 15.9 Å². The number of nitrogens with one attached hydrogen (secondary N) is 3. The lowest BCUT2D eigenvalue weighted by atomic mass is 9.90. The number of carboxylic acid groups (broad SMARTS) is 1. The Kier molecular flexibility index (Phi) is 6.77. The number of rotatable bonds is 6. The van der Waals surface area contributed by atoms with Gasteiger partial charge >= 0.3 is 5.97 Å². The first-order chi connectivity index (χ1) is 19.0. The fourth-order valence-electron chi connectivity index (χ4n) is 5.35. The molecule has 0 spiro atoms. The first-order valence-corrected chi connectivity index (χ1v) is 13.6. The molecular weight excluding hydrogens is 554 g/mol. The first kappa shape index (κ1) is 25.1. The third kappa shape index (κ3) is 4.99. The van der Waals surface area contributed by atoms with Crippen LogP contribution in [0.15, 0.2) is 108 Å². The molecule has 6 rings (SSSR count). The zero-order valence-corrected chi connectivity index (χ0v) is 22.5. The van der Waals surface area contributed by atoms with Gasteiger partial charge in [-0.05, 0) is 52.4 Å². The maximum absolute atomic E-state index is 13.6. The highest BCUT2D eigenvalue weighted by Crippen LogP contribution is 2.35. The predicted molar refractivity (Wildman–Crippen MR) is 155 cm³/mol. The largest absolute Gasteiger partial charge is 0.479 e. The van der Waals surface area contributed by atoms with Crippen molar-refractivity contribution in [1.82, 2.24) is 15.6 Å². The number of hydrogen-bond donors (Lipinski definition) is 4. The number of hydrogen-bond acceptors (Lipinski definition) is 3. The molecule has 0 fully saturated rings. The highest BCUT2D eigenvalue weighted by Gasteiger charge is 2.35. The van der Waals surface area contributed by atoms with Crippen LogP contribution in [0.3, 0.4) is 0 Å². The molecule has 194 valence electrons. The predicted octanol–water partition coefficient (Wildman–Crippen LogP) is 6.14. The molecule has 0 saturated heterocycles. The summed E-state index contributed by atoms with van der Waals surface area (Å²) in [5.74, 6) is -1.46. The molecule has 1 unspecified atom stereocenters. The molecule has 0 aliphatic carbocycles. The molecule has 2 heterocycles. The fraction of sp³-hybridized carbons (Fsp3) is 0.125. The summed E-state index contributed by atoms with van der Waals surface area (Å²) in [4.78, 5) is 29.4. The van der Waals surface area contributed by atoms with Gasteiger partial charge in [-0.3, -0.25) is 10.1 Å². The lowest BCUT2D eigenvalue weighted by Gasteiger charge is -2.32. The van der Waals surface area contributed by atoms with Crippen molar-refractivity contribution < 1.29 is 14.7 Å². The van der Waals surface area contributed by atoms with Gasteiger partial charge in [-0.25, -0.2) is 4.79 Å². The SMILES string of the molecule is O=C(O)C(NC(=O)[C@H]1Cc2c([nH]c3ccccc23)[C@@H](c2ccc(Br)cc2)N1)c1ccc(-c2ccccc2)cc1. The van der Waals surface area contributed by atoms with Gasteiger partial charge in [-0.1, -0.05) is 101 Å². The fourth-order valence-corrected chi connectivity index (χ4v) is 5.61. The molecule has 0 radical (unpaired) electrons. The molecule has 6 nitrogen and oxygen atoms in total. The molecule has 5 aromatic rings. The maximum atomic E-state index is 13.6. The molecule has 0 saturated carbocycles. The number of benzene rings is 4. The second-order valence-corrected chi connectivity index (χ2v) is 10.7. The van der Waals surface area contributed by atoms with E-state index in [4.69, 9.17) is 0 Å². The molecule has 4 aromatic carbocycles. The van der Waals surface area contributed by atoms with Gasteiger partial charge in [0, 0.05) is 21.1 Å². The van der Waals surface area contributed by atoms with Crippen LogP contribution in [0.1, 0.15) is 34.5 Å². The number of carbonyl (C=O) groups excluding carboxylic acids is 1. The Balaban J connectivity index is 1.29. The van der Waals surface area contributed by atoms with Gasteiger partial charge in [0.2, 0.25) is 5.91 Å². The average molecular weight is 580 g/mol. The smallest absolute Gasteiger partial charge is 0.330 e. The van der Waals surface area contributed by atoms with Crippen LogP contribution < -0.4 is 10.6 Å². The summed E-state index contributed by atoms with van der Waals surface area (Å²) in [7, 11) is 0. The van der Waals surface area contributed by atoms with E-state index in [1.165, 1.54) is 0 Å². The monoisotopic (exact) mass is 579 g/mol. The third-order valence-corrected chi connectivity index (χ3v) is 7.84. The van der Waals surface area contributed by atoms with Crippen LogP contribution in [0.25, 0.3) is 22.0 Å². The van der Waals surface area contributed by atoms with Crippen LogP contribution in [-0.2, 0) is 16.0 Å². The normalized spacial score (nSPS) is 17.4. The van der Waals surface area contributed by atoms with Crippen molar-refractivity contribution in [2.24, 2.45) is 0 Å². The number of aromatic amines is 1. The number of halogens is 1. The molecule has 1 amide bonds. The summed E-state index contributed by atoms with van der Waals surface area (Å²) in [5.41, 5.74) is 6.64. The number of aromatic nitrogens is 1. The van der Waals surface area contributed by atoms with Crippen molar-refractivity contribution in [3.63, 3.8) is 0 Å². The second-order valence-electron chi connectivity index (χ2n) is 9.74. The Morgan fingerprint density at radius 1 is 0.846 bits per heavy atom. The van der Waals surface area contributed by atoms with E-state index in [1.54, 1.807) is 12.1 Å². The molecule has 39 heavy (non-hydrogen) atoms. The number of aliphatic carboxylic acids is 1. The van der Waals surface area contributed by atoms with E-state index in [0.717, 1.165) is 43.3 Å². The summed E-state index contributed by atoms with van der Waals surface area (Å²) in [6.45, 7) is 0. The number of H-pyrrole nitrogens is 1. The minimum absolute atomic E-state index is 0.251. The van der Waals surface area contributed by atoms with Gasteiger partial charge in [0.15, 0.2) is 6.04 Å². The Morgan fingerprint density at radius 3 is 2.23 bits per heavy atom. The minimum atomic E-state index is -1.17. The molecular formula is C32H26BrN3O3. The highest BCUT2D eigenvalue weighted by molar-refractivity contribution is 9.10. The summed E-state index contributed by atoms with van der Waals surface area (Å²) in [5, 5.41) is 17.4. The highest BCUT2D eigenvalue weighted by atomic mass is 79.9. The molecule has 1 aromatic heterocycles. The van der Waals surface area contributed by atoms with Gasteiger partial charge in [0.05, 0.1) is 12.1 Å². The standard InChI is InChI=1S/C32H26BrN3O3/c33-23-16-14-21(15-17-23)28-30-25(24-8-4-5-9-26(24)34-30)18-27(35-28)31(37)36-29(32(38)39)22-12-10-20(11-13-22)19-6-2-1-3-7-19/h1-17,27-29,34-35H,18H2,(H,36,37)(H,38,39)/t27-,28-,29?/m1/s1. The first-order valence-electron chi connectivity index (χ1n) is 12.8. The number of carbonyl (C=O) groups is 2. The molecule has 1 aliphatic heterocycles. The van der Waals surface area contributed by atoms with Crippen LogP contribution in [0, 0.1) is 0 Å².